The van der Waals surface area contributed by atoms with Gasteiger partial charge in [-0.2, -0.15) is 5.10 Å². The summed E-state index contributed by atoms with van der Waals surface area (Å²) in [5.74, 6) is 1.31. The molecule has 8 nitrogen and oxygen atoms in total. The summed E-state index contributed by atoms with van der Waals surface area (Å²) >= 11 is 0. The molecule has 1 aliphatic heterocycles. The molecule has 0 unspecified atom stereocenters. The summed E-state index contributed by atoms with van der Waals surface area (Å²) in [4.78, 5) is 21.4. The molecule has 0 amide bonds. The lowest BCUT2D eigenvalue weighted by atomic mass is 9.95. The van der Waals surface area contributed by atoms with Gasteiger partial charge in [0.2, 0.25) is 0 Å². The fourth-order valence-electron chi connectivity index (χ4n) is 5.07. The van der Waals surface area contributed by atoms with Crippen LogP contribution in [0.2, 0.25) is 0 Å². The minimum atomic E-state index is 0.301. The van der Waals surface area contributed by atoms with E-state index in [2.05, 4.69) is 82.7 Å². The zero-order chi connectivity index (χ0) is 23.3. The summed E-state index contributed by atoms with van der Waals surface area (Å²) in [5, 5.41) is 4.39. The van der Waals surface area contributed by atoms with Gasteiger partial charge in [-0.15, -0.1) is 0 Å². The van der Waals surface area contributed by atoms with Crippen molar-refractivity contribution >= 4 is 22.5 Å². The molecule has 0 aromatic carbocycles. The fourth-order valence-corrected chi connectivity index (χ4v) is 5.07. The highest BCUT2D eigenvalue weighted by molar-refractivity contribution is 5.90. The van der Waals surface area contributed by atoms with Crippen LogP contribution in [0.15, 0.2) is 24.7 Å². The Kier molecular flexibility index (Phi) is 5.29. The van der Waals surface area contributed by atoms with Gasteiger partial charge in [0.05, 0.1) is 16.7 Å². The van der Waals surface area contributed by atoms with Crippen LogP contribution in [-0.4, -0.2) is 61.8 Å². The van der Waals surface area contributed by atoms with E-state index in [1.165, 1.54) is 11.1 Å². The number of hydrogen-bond donors (Lipinski definition) is 1. The van der Waals surface area contributed by atoms with Crippen LogP contribution in [0, 0.1) is 20.4 Å². The van der Waals surface area contributed by atoms with Crippen LogP contribution in [-0.2, 0) is 0 Å². The van der Waals surface area contributed by atoms with E-state index < -0.39 is 0 Å². The first-order valence-electron chi connectivity index (χ1n) is 11.5. The van der Waals surface area contributed by atoms with E-state index in [-0.39, 0.29) is 0 Å². The van der Waals surface area contributed by atoms with E-state index in [9.17, 15) is 0 Å². The van der Waals surface area contributed by atoms with Crippen LogP contribution in [0.25, 0.3) is 32.8 Å². The number of rotatable bonds is 4. The standard InChI is InChI=1S/C25H30N8/c1-15(2)22-23(19-12-33-25(27-13-28-33)18(5)17(19)4)29-20-7-8-21(30-24(20)22)32-10-9-31(14-26-6)11-16(32)3/h7-8,12-13,15-16,29H,9-11,14H2,1-5H3/t16-/m0/s1. The summed E-state index contributed by atoms with van der Waals surface area (Å²) in [6, 6.07) is 4.58. The molecule has 1 fully saturated rings. The number of anilines is 1. The van der Waals surface area contributed by atoms with E-state index in [1.54, 1.807) is 6.33 Å². The van der Waals surface area contributed by atoms with Gasteiger partial charge in [0.1, 0.15) is 12.1 Å². The molecule has 170 valence electrons. The van der Waals surface area contributed by atoms with Crippen LogP contribution in [0.5, 0.6) is 0 Å². The summed E-state index contributed by atoms with van der Waals surface area (Å²) in [7, 11) is 0. The zero-order valence-electron chi connectivity index (χ0n) is 19.9. The van der Waals surface area contributed by atoms with Crippen LogP contribution >= 0.6 is 0 Å². The number of hydrogen-bond acceptors (Lipinski definition) is 5. The molecule has 1 atom stereocenters. The highest BCUT2D eigenvalue weighted by Crippen LogP contribution is 2.38. The van der Waals surface area contributed by atoms with Gasteiger partial charge >= 0.3 is 0 Å². The highest BCUT2D eigenvalue weighted by Gasteiger charge is 2.27. The number of pyridine rings is 2. The van der Waals surface area contributed by atoms with E-state index in [0.717, 1.165) is 59.0 Å². The number of aromatic amines is 1. The van der Waals surface area contributed by atoms with Crippen molar-refractivity contribution in [3.63, 3.8) is 0 Å². The Bertz CT molecular complexity index is 1370. The molecule has 33 heavy (non-hydrogen) atoms. The molecule has 1 saturated heterocycles. The summed E-state index contributed by atoms with van der Waals surface area (Å²) in [6.45, 7) is 21.2. The highest BCUT2D eigenvalue weighted by atomic mass is 15.3. The van der Waals surface area contributed by atoms with E-state index >= 15 is 0 Å². The van der Waals surface area contributed by atoms with Gasteiger partial charge in [0.25, 0.3) is 6.67 Å². The van der Waals surface area contributed by atoms with Crippen molar-refractivity contribution in [1.82, 2.24) is 29.5 Å². The molecule has 5 rings (SSSR count). The summed E-state index contributed by atoms with van der Waals surface area (Å²) in [6.07, 6.45) is 3.67. The number of aryl methyl sites for hydroxylation is 1. The quantitative estimate of drug-likeness (QED) is 0.475. The van der Waals surface area contributed by atoms with Crippen LogP contribution in [0.4, 0.5) is 5.82 Å². The first-order chi connectivity index (χ1) is 15.9. The molecule has 8 heteroatoms. The zero-order valence-corrected chi connectivity index (χ0v) is 19.9. The number of aromatic nitrogens is 5. The predicted octanol–water partition coefficient (Wildman–Crippen LogP) is 4.40. The minimum Gasteiger partial charge on any atom is -0.353 e. The molecule has 0 saturated carbocycles. The minimum absolute atomic E-state index is 0.301. The molecule has 0 radical (unpaired) electrons. The molecule has 1 N–H and O–H groups in total. The maximum Gasteiger partial charge on any atom is 0.270 e. The van der Waals surface area contributed by atoms with Crippen molar-refractivity contribution in [3.8, 4) is 11.3 Å². The molecule has 4 aromatic heterocycles. The largest absolute Gasteiger partial charge is 0.353 e. The van der Waals surface area contributed by atoms with Gasteiger partial charge in [0, 0.05) is 43.0 Å². The van der Waals surface area contributed by atoms with Crippen molar-refractivity contribution < 1.29 is 0 Å². The van der Waals surface area contributed by atoms with Crippen molar-refractivity contribution in [2.75, 3.05) is 31.2 Å². The first kappa shape index (κ1) is 21.4. The predicted molar refractivity (Wildman–Crippen MR) is 131 cm³/mol. The second-order valence-corrected chi connectivity index (χ2v) is 9.37. The Morgan fingerprint density at radius 3 is 2.76 bits per heavy atom. The van der Waals surface area contributed by atoms with Gasteiger partial charge < -0.3 is 9.88 Å². The van der Waals surface area contributed by atoms with E-state index in [4.69, 9.17) is 11.6 Å². The molecular formula is C25H30N8. The average Bonchev–Trinajstić information content (AvgIpc) is 3.40. The molecule has 1 aliphatic rings. The van der Waals surface area contributed by atoms with Crippen LogP contribution in [0.3, 0.4) is 0 Å². The Morgan fingerprint density at radius 2 is 2.03 bits per heavy atom. The fraction of sp³-hybridized carbons (Fsp3) is 0.440. The lowest BCUT2D eigenvalue weighted by molar-refractivity contribution is 0.249. The Morgan fingerprint density at radius 1 is 1.21 bits per heavy atom. The maximum atomic E-state index is 7.15. The number of nitrogens with one attached hydrogen (secondary N) is 1. The van der Waals surface area contributed by atoms with Gasteiger partial charge in [-0.1, -0.05) is 13.8 Å². The third-order valence-corrected chi connectivity index (χ3v) is 6.91. The van der Waals surface area contributed by atoms with E-state index in [1.807, 2.05) is 4.52 Å². The van der Waals surface area contributed by atoms with Gasteiger partial charge in [-0.05, 0) is 49.9 Å². The smallest absolute Gasteiger partial charge is 0.270 e. The SMILES string of the molecule is [C-]#[N+]CN1CCN(c2ccc3[nH]c(-c4cn5ncnc5c(C)c4C)c(C(C)C)c3n2)[C@@H](C)C1. The topological polar surface area (TPSA) is 69.7 Å². The Labute approximate surface area is 194 Å². The molecule has 5 heterocycles. The summed E-state index contributed by atoms with van der Waals surface area (Å²) in [5.41, 5.74) is 8.79. The van der Waals surface area contributed by atoms with Gasteiger partial charge in [0.15, 0.2) is 5.65 Å². The molecule has 0 spiro atoms. The number of piperazine rings is 1. The molecule has 4 aromatic rings. The lowest BCUT2D eigenvalue weighted by Gasteiger charge is -2.38. The second kappa shape index (κ2) is 8.16. The summed E-state index contributed by atoms with van der Waals surface area (Å²) < 4.78 is 1.86. The number of H-pyrrole nitrogens is 1. The monoisotopic (exact) mass is 442 g/mol. The molecular weight excluding hydrogens is 412 g/mol. The maximum absolute atomic E-state index is 7.15. The lowest BCUT2D eigenvalue weighted by Crippen LogP contribution is -2.52. The van der Waals surface area contributed by atoms with Gasteiger partial charge in [-0.25, -0.2) is 26.0 Å². The average molecular weight is 443 g/mol. The normalized spacial score (nSPS) is 17.4. The van der Waals surface area contributed by atoms with Crippen molar-refractivity contribution in [1.29, 1.82) is 0 Å². The molecule has 0 aliphatic carbocycles. The Balaban J connectivity index is 1.61. The number of nitrogens with zero attached hydrogens (tertiary/aromatic N) is 7. The van der Waals surface area contributed by atoms with Crippen LogP contribution < -0.4 is 4.90 Å². The third-order valence-electron chi connectivity index (χ3n) is 6.91. The van der Waals surface area contributed by atoms with Crippen LogP contribution in [0.1, 0.15) is 43.4 Å². The van der Waals surface area contributed by atoms with Gasteiger partial charge in [-0.3, -0.25) is 4.85 Å². The second-order valence-electron chi connectivity index (χ2n) is 9.37. The van der Waals surface area contributed by atoms with Crippen molar-refractivity contribution in [2.24, 2.45) is 0 Å². The molecule has 0 bridgehead atoms. The Hall–Kier alpha value is -3.44. The van der Waals surface area contributed by atoms with Crippen molar-refractivity contribution in [2.45, 2.75) is 46.6 Å². The number of fused-ring (bicyclic) bond motifs is 2. The van der Waals surface area contributed by atoms with E-state index in [0.29, 0.717) is 18.6 Å². The van der Waals surface area contributed by atoms with Crippen molar-refractivity contribution in [3.05, 3.63) is 52.8 Å². The first-order valence-corrected chi connectivity index (χ1v) is 11.5. The third kappa shape index (κ3) is 3.53.